The van der Waals surface area contributed by atoms with Crippen LogP contribution in [0.1, 0.15) is 45.1 Å². The Bertz CT molecular complexity index is 517. The molecule has 1 atom stereocenters. The molecule has 1 N–H and O–H groups in total. The first-order chi connectivity index (χ1) is 9.90. The molecule has 1 aliphatic carbocycles. The van der Waals surface area contributed by atoms with Gasteiger partial charge in [-0.25, -0.2) is 0 Å². The molecule has 4 nitrogen and oxygen atoms in total. The minimum Gasteiger partial charge on any atom is -0.481 e. The molecular formula is C17H23NO3. The van der Waals surface area contributed by atoms with Crippen molar-refractivity contribution in [1.29, 1.82) is 0 Å². The largest absolute Gasteiger partial charge is 0.481 e. The van der Waals surface area contributed by atoms with Crippen LogP contribution in [-0.2, 0) is 9.59 Å². The molecule has 1 aromatic rings. The third kappa shape index (κ3) is 3.84. The molecule has 0 aromatic heterocycles. The number of amides is 1. The van der Waals surface area contributed by atoms with E-state index in [2.05, 4.69) is 13.8 Å². The van der Waals surface area contributed by atoms with E-state index in [-0.39, 0.29) is 18.4 Å². The molecular weight excluding hydrogens is 266 g/mol. The molecule has 0 spiro atoms. The molecule has 114 valence electrons. The molecule has 4 heteroatoms. The lowest BCUT2D eigenvalue weighted by Gasteiger charge is -2.25. The summed E-state index contributed by atoms with van der Waals surface area (Å²) in [4.78, 5) is 25.1. The van der Waals surface area contributed by atoms with Gasteiger partial charge < -0.3 is 10.0 Å². The Morgan fingerprint density at radius 1 is 1.19 bits per heavy atom. The number of hydrogen-bond acceptors (Lipinski definition) is 2. The highest BCUT2D eigenvalue weighted by atomic mass is 16.4. The maximum atomic E-state index is 12.4. The number of carbonyl (C=O) groups is 2. The van der Waals surface area contributed by atoms with E-state index in [1.54, 1.807) is 11.8 Å². The van der Waals surface area contributed by atoms with E-state index < -0.39 is 11.9 Å². The number of nitrogens with zero attached hydrogens (tertiary/aromatic N) is 1. The second-order valence-corrected chi connectivity index (χ2v) is 6.21. The third-order valence-corrected chi connectivity index (χ3v) is 3.94. The summed E-state index contributed by atoms with van der Waals surface area (Å²) >= 11 is 0. The summed E-state index contributed by atoms with van der Waals surface area (Å²) in [6.07, 6.45) is 1.84. The molecule has 1 amide bonds. The van der Waals surface area contributed by atoms with Crippen molar-refractivity contribution in [1.82, 2.24) is 0 Å². The lowest BCUT2D eigenvalue weighted by Crippen LogP contribution is -2.38. The van der Waals surface area contributed by atoms with Crippen molar-refractivity contribution < 1.29 is 14.7 Å². The molecule has 21 heavy (non-hydrogen) atoms. The van der Waals surface area contributed by atoms with Crippen LogP contribution in [-0.4, -0.2) is 23.5 Å². The predicted octanol–water partition coefficient (Wildman–Crippen LogP) is 3.27. The number of carbonyl (C=O) groups excluding carboxylic acids is 1. The van der Waals surface area contributed by atoms with Gasteiger partial charge in [0.1, 0.15) is 0 Å². The number of benzene rings is 1. The zero-order valence-corrected chi connectivity index (χ0v) is 12.9. The van der Waals surface area contributed by atoms with E-state index in [9.17, 15) is 9.59 Å². The highest BCUT2D eigenvalue weighted by Gasteiger charge is 2.35. The van der Waals surface area contributed by atoms with Crippen molar-refractivity contribution in [2.45, 2.75) is 39.5 Å². The lowest BCUT2D eigenvalue weighted by molar-refractivity contribution is -0.140. The fraction of sp³-hybridized carbons (Fsp3) is 0.529. The van der Waals surface area contributed by atoms with Crippen LogP contribution in [0.4, 0.5) is 5.69 Å². The molecule has 0 aliphatic heterocycles. The van der Waals surface area contributed by atoms with Crippen molar-refractivity contribution in [2.75, 3.05) is 11.4 Å². The Morgan fingerprint density at radius 2 is 1.76 bits per heavy atom. The summed E-state index contributed by atoms with van der Waals surface area (Å²) in [6, 6.07) is 7.87. The highest BCUT2D eigenvalue weighted by molar-refractivity contribution is 5.97. The van der Waals surface area contributed by atoms with Gasteiger partial charge in [0.15, 0.2) is 0 Å². The van der Waals surface area contributed by atoms with Crippen molar-refractivity contribution in [2.24, 2.45) is 11.8 Å². The van der Waals surface area contributed by atoms with Gasteiger partial charge in [0, 0.05) is 18.2 Å². The van der Waals surface area contributed by atoms with Gasteiger partial charge in [0.25, 0.3) is 0 Å². The maximum Gasteiger partial charge on any atom is 0.308 e. The van der Waals surface area contributed by atoms with Crippen LogP contribution in [0.15, 0.2) is 24.3 Å². The predicted molar refractivity (Wildman–Crippen MR) is 82.4 cm³/mol. The average molecular weight is 289 g/mol. The Kier molecular flexibility index (Phi) is 4.66. The van der Waals surface area contributed by atoms with Crippen LogP contribution >= 0.6 is 0 Å². The molecule has 1 saturated carbocycles. The Balaban J connectivity index is 2.21. The molecule has 0 bridgehead atoms. The quantitative estimate of drug-likeness (QED) is 0.874. The normalized spacial score (nSPS) is 15.8. The smallest absolute Gasteiger partial charge is 0.308 e. The van der Waals surface area contributed by atoms with Gasteiger partial charge in [0.2, 0.25) is 5.91 Å². The third-order valence-electron chi connectivity index (χ3n) is 3.94. The van der Waals surface area contributed by atoms with Gasteiger partial charge in [-0.15, -0.1) is 0 Å². The molecule has 1 aromatic carbocycles. The van der Waals surface area contributed by atoms with Crippen LogP contribution in [0, 0.1) is 11.8 Å². The number of aliphatic carboxylic acids is 1. The highest BCUT2D eigenvalue weighted by Crippen LogP contribution is 2.33. The van der Waals surface area contributed by atoms with Crippen molar-refractivity contribution in [3.63, 3.8) is 0 Å². The van der Waals surface area contributed by atoms with Crippen LogP contribution < -0.4 is 4.90 Å². The number of rotatable bonds is 6. The van der Waals surface area contributed by atoms with Crippen LogP contribution in [0.2, 0.25) is 0 Å². The SMILES string of the molecule is CC(CN(C(=O)C1CC1)c1ccc(C(C)C)cc1)C(=O)O. The molecule has 0 heterocycles. The number of hydrogen-bond donors (Lipinski definition) is 1. The van der Waals surface area contributed by atoms with E-state index in [1.807, 2.05) is 24.3 Å². The maximum absolute atomic E-state index is 12.4. The van der Waals surface area contributed by atoms with Crippen molar-refractivity contribution in [3.8, 4) is 0 Å². The fourth-order valence-corrected chi connectivity index (χ4v) is 2.26. The monoisotopic (exact) mass is 289 g/mol. The van der Waals surface area contributed by atoms with E-state index >= 15 is 0 Å². The topological polar surface area (TPSA) is 57.6 Å². The number of anilines is 1. The average Bonchev–Trinajstić information content (AvgIpc) is 3.28. The van der Waals surface area contributed by atoms with Crippen LogP contribution in [0.5, 0.6) is 0 Å². The first-order valence-corrected chi connectivity index (χ1v) is 7.54. The van der Waals surface area contributed by atoms with E-state index in [1.165, 1.54) is 5.56 Å². The Morgan fingerprint density at radius 3 is 2.19 bits per heavy atom. The second kappa shape index (κ2) is 6.29. The zero-order chi connectivity index (χ0) is 15.6. The molecule has 1 aliphatic rings. The van der Waals surface area contributed by atoms with E-state index in [0.717, 1.165) is 18.5 Å². The number of carboxylic acid groups (broad SMARTS) is 1. The van der Waals surface area contributed by atoms with Gasteiger partial charge in [-0.2, -0.15) is 0 Å². The van der Waals surface area contributed by atoms with Gasteiger partial charge in [-0.1, -0.05) is 32.9 Å². The Hall–Kier alpha value is -1.84. The summed E-state index contributed by atoms with van der Waals surface area (Å²) in [5.74, 6) is -0.874. The molecule has 0 saturated heterocycles. The van der Waals surface area contributed by atoms with Gasteiger partial charge >= 0.3 is 5.97 Å². The first-order valence-electron chi connectivity index (χ1n) is 7.54. The van der Waals surface area contributed by atoms with Crippen molar-refractivity contribution in [3.05, 3.63) is 29.8 Å². The fourth-order valence-electron chi connectivity index (χ4n) is 2.26. The van der Waals surface area contributed by atoms with Crippen molar-refractivity contribution >= 4 is 17.6 Å². The van der Waals surface area contributed by atoms with Gasteiger partial charge in [0.05, 0.1) is 5.92 Å². The second-order valence-electron chi connectivity index (χ2n) is 6.21. The first kappa shape index (κ1) is 15.5. The molecule has 2 rings (SSSR count). The standard InChI is InChI=1S/C17H23NO3/c1-11(2)13-6-8-15(9-7-13)18(10-12(3)17(20)21)16(19)14-4-5-14/h6-9,11-12,14H,4-5,10H2,1-3H3,(H,20,21). The van der Waals surface area contributed by atoms with E-state index in [4.69, 9.17) is 5.11 Å². The van der Waals surface area contributed by atoms with E-state index in [0.29, 0.717) is 5.92 Å². The Labute approximate surface area is 125 Å². The minimum atomic E-state index is -0.873. The minimum absolute atomic E-state index is 0.0559. The summed E-state index contributed by atoms with van der Waals surface area (Å²) < 4.78 is 0. The molecule has 1 fully saturated rings. The summed E-state index contributed by atoms with van der Waals surface area (Å²) in [5, 5.41) is 9.09. The molecule has 0 radical (unpaired) electrons. The zero-order valence-electron chi connectivity index (χ0n) is 12.9. The summed E-state index contributed by atoms with van der Waals surface area (Å²) in [6.45, 7) is 6.10. The van der Waals surface area contributed by atoms with Gasteiger partial charge in [-0.3, -0.25) is 9.59 Å². The summed E-state index contributed by atoms with van der Waals surface area (Å²) in [7, 11) is 0. The molecule has 1 unspecified atom stereocenters. The van der Waals surface area contributed by atoms with Crippen LogP contribution in [0.25, 0.3) is 0 Å². The number of carboxylic acids is 1. The van der Waals surface area contributed by atoms with Crippen LogP contribution in [0.3, 0.4) is 0 Å². The van der Waals surface area contributed by atoms with Gasteiger partial charge in [-0.05, 0) is 36.5 Å². The summed E-state index contributed by atoms with van der Waals surface area (Å²) in [5.41, 5.74) is 2.01. The lowest BCUT2D eigenvalue weighted by atomic mass is 10.0.